The summed E-state index contributed by atoms with van der Waals surface area (Å²) in [4.78, 5) is 28.2. The number of hydrogen-bond acceptors (Lipinski definition) is 5. The van der Waals surface area contributed by atoms with E-state index in [1.165, 1.54) is 6.07 Å². The van der Waals surface area contributed by atoms with Crippen LogP contribution >= 0.6 is 11.6 Å². The van der Waals surface area contributed by atoms with Crippen LogP contribution in [0.1, 0.15) is 16.8 Å². The second kappa shape index (κ2) is 4.99. The standard InChI is InChI=1S/C12H13ClN4O3/c13-11-9(3-8(5-15-11)17(19)20)12(18)16-2-1-7-4-14-6-10(7)16/h3,5,7,10,14H,1-2,4,6H2/t7-,10+/m0/s1. The minimum Gasteiger partial charge on any atom is -0.334 e. The monoisotopic (exact) mass is 296 g/mol. The van der Waals surface area contributed by atoms with Gasteiger partial charge in [0, 0.05) is 31.7 Å². The highest BCUT2D eigenvalue weighted by Gasteiger charge is 2.40. The van der Waals surface area contributed by atoms with E-state index in [0.717, 1.165) is 25.7 Å². The molecule has 0 spiro atoms. The van der Waals surface area contributed by atoms with E-state index in [4.69, 9.17) is 11.6 Å². The van der Waals surface area contributed by atoms with Crippen LogP contribution in [-0.2, 0) is 0 Å². The van der Waals surface area contributed by atoms with Gasteiger partial charge in [-0.3, -0.25) is 14.9 Å². The fourth-order valence-corrected chi connectivity index (χ4v) is 3.13. The zero-order valence-electron chi connectivity index (χ0n) is 10.6. The van der Waals surface area contributed by atoms with E-state index in [9.17, 15) is 14.9 Å². The van der Waals surface area contributed by atoms with Gasteiger partial charge in [-0.05, 0) is 12.3 Å². The highest BCUT2D eigenvalue weighted by molar-refractivity contribution is 6.32. The molecule has 8 heteroatoms. The summed E-state index contributed by atoms with van der Waals surface area (Å²) in [6.45, 7) is 2.33. The van der Waals surface area contributed by atoms with Crippen molar-refractivity contribution in [2.45, 2.75) is 12.5 Å². The van der Waals surface area contributed by atoms with Gasteiger partial charge in [-0.2, -0.15) is 0 Å². The Morgan fingerprint density at radius 2 is 2.35 bits per heavy atom. The normalized spacial score (nSPS) is 24.8. The van der Waals surface area contributed by atoms with Crippen molar-refractivity contribution in [3.63, 3.8) is 0 Å². The minimum absolute atomic E-state index is 0.00926. The zero-order chi connectivity index (χ0) is 14.3. The molecule has 0 radical (unpaired) electrons. The third-order valence-corrected chi connectivity index (χ3v) is 4.27. The largest absolute Gasteiger partial charge is 0.334 e. The molecule has 2 aliphatic heterocycles. The number of hydrogen-bond donors (Lipinski definition) is 1. The number of nitrogens with one attached hydrogen (secondary N) is 1. The van der Waals surface area contributed by atoms with Crippen molar-refractivity contribution in [2.24, 2.45) is 5.92 Å². The quantitative estimate of drug-likeness (QED) is 0.501. The van der Waals surface area contributed by atoms with E-state index in [1.807, 2.05) is 0 Å². The molecule has 0 saturated carbocycles. The van der Waals surface area contributed by atoms with E-state index >= 15 is 0 Å². The number of aromatic nitrogens is 1. The molecule has 0 aromatic carbocycles. The first-order chi connectivity index (χ1) is 9.58. The average molecular weight is 297 g/mol. The second-order valence-electron chi connectivity index (χ2n) is 5.06. The first-order valence-corrected chi connectivity index (χ1v) is 6.77. The SMILES string of the molecule is O=C(c1cc([N+](=O)[O-])cnc1Cl)N1CC[C@H]2CNC[C@H]21. The molecule has 0 bridgehead atoms. The van der Waals surface area contributed by atoms with Gasteiger partial charge in [0.1, 0.15) is 11.3 Å². The van der Waals surface area contributed by atoms with E-state index < -0.39 is 4.92 Å². The van der Waals surface area contributed by atoms with E-state index in [-0.39, 0.29) is 28.4 Å². The van der Waals surface area contributed by atoms with Crippen LogP contribution in [0, 0.1) is 16.0 Å². The van der Waals surface area contributed by atoms with Gasteiger partial charge < -0.3 is 10.2 Å². The molecule has 3 rings (SSSR count). The molecule has 7 nitrogen and oxygen atoms in total. The van der Waals surface area contributed by atoms with E-state index in [2.05, 4.69) is 10.3 Å². The van der Waals surface area contributed by atoms with Crippen LogP contribution in [-0.4, -0.2) is 46.4 Å². The van der Waals surface area contributed by atoms with Gasteiger partial charge in [0.2, 0.25) is 0 Å². The summed E-state index contributed by atoms with van der Waals surface area (Å²) < 4.78 is 0. The van der Waals surface area contributed by atoms with E-state index in [0.29, 0.717) is 12.5 Å². The molecular formula is C12H13ClN4O3. The fourth-order valence-electron chi connectivity index (χ4n) is 2.94. The van der Waals surface area contributed by atoms with Crippen LogP contribution in [0.25, 0.3) is 0 Å². The Balaban J connectivity index is 1.90. The van der Waals surface area contributed by atoms with Gasteiger partial charge >= 0.3 is 0 Å². The number of nitro groups is 1. The average Bonchev–Trinajstić information content (AvgIpc) is 3.00. The minimum atomic E-state index is -0.579. The maximum Gasteiger partial charge on any atom is 0.288 e. The van der Waals surface area contributed by atoms with Gasteiger partial charge in [-0.15, -0.1) is 0 Å². The number of carbonyl (C=O) groups is 1. The Labute approximate surface area is 120 Å². The second-order valence-corrected chi connectivity index (χ2v) is 5.42. The Hall–Kier alpha value is -1.73. The number of fused-ring (bicyclic) bond motifs is 1. The maximum absolute atomic E-state index is 12.5. The number of halogens is 1. The van der Waals surface area contributed by atoms with Crippen molar-refractivity contribution >= 4 is 23.2 Å². The molecule has 2 saturated heterocycles. The number of rotatable bonds is 2. The van der Waals surface area contributed by atoms with Crippen molar-refractivity contribution in [1.82, 2.24) is 15.2 Å². The lowest BCUT2D eigenvalue weighted by atomic mass is 10.0. The Morgan fingerprint density at radius 3 is 3.10 bits per heavy atom. The molecule has 20 heavy (non-hydrogen) atoms. The lowest BCUT2D eigenvalue weighted by molar-refractivity contribution is -0.385. The molecule has 3 heterocycles. The summed E-state index contributed by atoms with van der Waals surface area (Å²) in [6.07, 6.45) is 2.01. The Morgan fingerprint density at radius 1 is 1.55 bits per heavy atom. The van der Waals surface area contributed by atoms with Gasteiger partial charge in [0.15, 0.2) is 0 Å². The first-order valence-electron chi connectivity index (χ1n) is 6.39. The lowest BCUT2D eigenvalue weighted by Gasteiger charge is -2.23. The third-order valence-electron chi connectivity index (χ3n) is 3.97. The summed E-state index contributed by atoms with van der Waals surface area (Å²) in [7, 11) is 0. The molecule has 2 fully saturated rings. The first kappa shape index (κ1) is 13.3. The highest BCUT2D eigenvalue weighted by Crippen LogP contribution is 2.30. The van der Waals surface area contributed by atoms with Crippen molar-refractivity contribution in [1.29, 1.82) is 0 Å². The van der Waals surface area contributed by atoms with Crippen LogP contribution in [0.5, 0.6) is 0 Å². The molecule has 1 amide bonds. The van der Waals surface area contributed by atoms with Gasteiger partial charge in [-0.1, -0.05) is 11.6 Å². The van der Waals surface area contributed by atoms with Crippen LogP contribution in [0.2, 0.25) is 5.15 Å². The fraction of sp³-hybridized carbons (Fsp3) is 0.500. The lowest BCUT2D eigenvalue weighted by Crippen LogP contribution is -2.39. The maximum atomic E-state index is 12.5. The molecule has 1 aromatic rings. The number of pyridine rings is 1. The van der Waals surface area contributed by atoms with Crippen molar-refractivity contribution < 1.29 is 9.72 Å². The molecule has 0 unspecified atom stereocenters. The van der Waals surface area contributed by atoms with Gasteiger partial charge in [-0.25, -0.2) is 4.98 Å². The summed E-state index contributed by atoms with van der Waals surface area (Å²) in [6, 6.07) is 1.35. The molecule has 1 N–H and O–H groups in total. The van der Waals surface area contributed by atoms with E-state index in [1.54, 1.807) is 4.90 Å². The molecule has 1 aromatic heterocycles. The Kier molecular flexibility index (Phi) is 3.31. The van der Waals surface area contributed by atoms with Crippen LogP contribution in [0.4, 0.5) is 5.69 Å². The number of carbonyl (C=O) groups excluding carboxylic acids is 1. The molecule has 0 aliphatic carbocycles. The predicted octanol–water partition coefficient (Wildman–Crippen LogP) is 1.08. The van der Waals surface area contributed by atoms with Crippen LogP contribution < -0.4 is 5.32 Å². The smallest absolute Gasteiger partial charge is 0.288 e. The summed E-state index contributed by atoms with van der Waals surface area (Å²) in [5.74, 6) is 0.187. The molecular weight excluding hydrogens is 284 g/mol. The highest BCUT2D eigenvalue weighted by atomic mass is 35.5. The summed E-state index contributed by atoms with van der Waals surface area (Å²) >= 11 is 5.92. The summed E-state index contributed by atoms with van der Waals surface area (Å²) in [5.41, 5.74) is -0.119. The predicted molar refractivity (Wildman–Crippen MR) is 71.7 cm³/mol. The zero-order valence-corrected chi connectivity index (χ0v) is 11.3. The summed E-state index contributed by atoms with van der Waals surface area (Å²) in [5, 5.41) is 14.0. The Bertz CT molecular complexity index is 580. The molecule has 2 atom stereocenters. The van der Waals surface area contributed by atoms with Crippen molar-refractivity contribution in [2.75, 3.05) is 19.6 Å². The van der Waals surface area contributed by atoms with Crippen LogP contribution in [0.3, 0.4) is 0 Å². The van der Waals surface area contributed by atoms with Crippen molar-refractivity contribution in [3.8, 4) is 0 Å². The number of likely N-dealkylation sites (tertiary alicyclic amines) is 1. The van der Waals surface area contributed by atoms with Gasteiger partial charge in [0.25, 0.3) is 11.6 Å². The van der Waals surface area contributed by atoms with Crippen LogP contribution in [0.15, 0.2) is 12.3 Å². The van der Waals surface area contributed by atoms with Gasteiger partial charge in [0.05, 0.1) is 10.5 Å². The van der Waals surface area contributed by atoms with Crippen molar-refractivity contribution in [3.05, 3.63) is 33.1 Å². The molecule has 2 aliphatic rings. The topological polar surface area (TPSA) is 88.4 Å². The third kappa shape index (κ3) is 2.12. The molecule has 106 valence electrons. The number of nitrogens with zero attached hydrogens (tertiary/aromatic N) is 3. The number of amides is 1.